The lowest BCUT2D eigenvalue weighted by molar-refractivity contribution is -0.129. The smallest absolute Gasteiger partial charge is 0.243 e. The average molecular weight is 485 g/mol. The van der Waals surface area contributed by atoms with Crippen molar-refractivity contribution in [2.24, 2.45) is 0 Å². The summed E-state index contributed by atoms with van der Waals surface area (Å²) in [5.74, 6) is 1.11. The third-order valence-corrected chi connectivity index (χ3v) is 7.83. The van der Waals surface area contributed by atoms with Crippen molar-refractivity contribution in [3.8, 4) is 5.75 Å². The molecule has 0 spiro atoms. The van der Waals surface area contributed by atoms with E-state index in [4.69, 9.17) is 4.74 Å². The first-order valence-corrected chi connectivity index (χ1v) is 11.9. The van der Waals surface area contributed by atoms with Gasteiger partial charge in [-0.25, -0.2) is 8.42 Å². The number of ether oxygens (including phenoxy) is 1. The molecule has 0 radical (unpaired) electrons. The zero-order valence-electron chi connectivity index (χ0n) is 15.4. The number of nitrogens with zero attached hydrogens (tertiary/aromatic N) is 2. The highest BCUT2D eigenvalue weighted by molar-refractivity contribution is 9.10. The van der Waals surface area contributed by atoms with Crippen LogP contribution in [0.25, 0.3) is 0 Å². The van der Waals surface area contributed by atoms with Crippen molar-refractivity contribution in [2.45, 2.75) is 9.79 Å². The number of halogens is 1. The zero-order chi connectivity index (χ0) is 20.1. The molecular weight excluding hydrogens is 464 g/mol. The normalized spacial score (nSPS) is 15.4. The summed E-state index contributed by atoms with van der Waals surface area (Å²) >= 11 is 4.77. The fraction of sp³-hybridized carbons (Fsp3) is 0.316. The quantitative estimate of drug-likeness (QED) is 0.589. The number of amides is 1. The van der Waals surface area contributed by atoms with Crippen LogP contribution in [0.15, 0.2) is 62.8 Å². The van der Waals surface area contributed by atoms with Crippen LogP contribution < -0.4 is 4.74 Å². The van der Waals surface area contributed by atoms with Gasteiger partial charge in [0.25, 0.3) is 0 Å². The van der Waals surface area contributed by atoms with Crippen molar-refractivity contribution in [1.29, 1.82) is 0 Å². The van der Waals surface area contributed by atoms with Crippen LogP contribution in [0.4, 0.5) is 0 Å². The largest absolute Gasteiger partial charge is 0.497 e. The van der Waals surface area contributed by atoms with E-state index in [0.29, 0.717) is 31.9 Å². The minimum atomic E-state index is -3.55. The van der Waals surface area contributed by atoms with Gasteiger partial charge in [-0.3, -0.25) is 4.79 Å². The van der Waals surface area contributed by atoms with Crippen LogP contribution in [-0.4, -0.2) is 62.6 Å². The van der Waals surface area contributed by atoms with E-state index < -0.39 is 10.0 Å². The second kappa shape index (κ2) is 9.30. The van der Waals surface area contributed by atoms with Gasteiger partial charge >= 0.3 is 0 Å². The Bertz CT molecular complexity index is 927. The number of hydrogen-bond acceptors (Lipinski definition) is 5. The number of sulfonamides is 1. The maximum Gasteiger partial charge on any atom is 0.243 e. The predicted molar refractivity (Wildman–Crippen MR) is 113 cm³/mol. The molecule has 150 valence electrons. The molecule has 1 saturated heterocycles. The summed E-state index contributed by atoms with van der Waals surface area (Å²) in [5.41, 5.74) is 0. The molecule has 1 aliphatic heterocycles. The van der Waals surface area contributed by atoms with E-state index >= 15 is 0 Å². The topological polar surface area (TPSA) is 66.9 Å². The summed E-state index contributed by atoms with van der Waals surface area (Å²) < 4.78 is 32.8. The summed E-state index contributed by atoms with van der Waals surface area (Å²) in [6, 6.07) is 14.2. The second-order valence-corrected chi connectivity index (χ2v) is 10.1. The predicted octanol–water partition coefficient (Wildman–Crippen LogP) is 3.08. The van der Waals surface area contributed by atoms with E-state index in [2.05, 4.69) is 15.9 Å². The number of thioether (sulfide) groups is 1. The molecule has 1 amide bonds. The van der Waals surface area contributed by atoms with E-state index in [1.165, 1.54) is 16.1 Å². The first kappa shape index (κ1) is 21.2. The summed E-state index contributed by atoms with van der Waals surface area (Å²) in [4.78, 5) is 15.4. The van der Waals surface area contributed by atoms with Crippen molar-refractivity contribution in [1.82, 2.24) is 9.21 Å². The standard InChI is InChI=1S/C19H21BrN2O4S2/c1-26-16-5-7-17(8-6-16)27-14-19(23)21-9-11-22(12-10-21)28(24,25)18-4-2-3-15(20)13-18/h2-8,13H,9-12,14H2,1H3. The Kier molecular flexibility index (Phi) is 7.03. The molecule has 0 aliphatic carbocycles. The van der Waals surface area contributed by atoms with E-state index in [9.17, 15) is 13.2 Å². The Labute approximate surface area is 178 Å². The molecule has 0 saturated carbocycles. The summed E-state index contributed by atoms with van der Waals surface area (Å²) in [6.45, 7) is 1.39. The van der Waals surface area contributed by atoms with Crippen LogP contribution in [-0.2, 0) is 14.8 Å². The molecule has 9 heteroatoms. The fourth-order valence-corrected chi connectivity index (χ4v) is 5.68. The third kappa shape index (κ3) is 5.08. The lowest BCUT2D eigenvalue weighted by Crippen LogP contribution is -2.50. The van der Waals surface area contributed by atoms with Crippen molar-refractivity contribution < 1.29 is 17.9 Å². The van der Waals surface area contributed by atoms with Crippen molar-refractivity contribution in [3.05, 3.63) is 53.0 Å². The van der Waals surface area contributed by atoms with Crippen LogP contribution in [0.5, 0.6) is 5.75 Å². The molecule has 28 heavy (non-hydrogen) atoms. The van der Waals surface area contributed by atoms with Crippen LogP contribution in [0.2, 0.25) is 0 Å². The van der Waals surface area contributed by atoms with Gasteiger partial charge in [0, 0.05) is 35.5 Å². The third-order valence-electron chi connectivity index (χ3n) is 4.45. The molecule has 1 fully saturated rings. The molecule has 0 N–H and O–H groups in total. The van der Waals surface area contributed by atoms with Gasteiger partial charge in [-0.05, 0) is 42.5 Å². The maximum atomic E-state index is 12.8. The van der Waals surface area contributed by atoms with Gasteiger partial charge in [-0.15, -0.1) is 11.8 Å². The molecule has 6 nitrogen and oxygen atoms in total. The zero-order valence-corrected chi connectivity index (χ0v) is 18.6. The Balaban J connectivity index is 1.53. The summed E-state index contributed by atoms with van der Waals surface area (Å²) in [5, 5.41) is 0. The maximum absolute atomic E-state index is 12.8. The molecule has 1 aliphatic rings. The van der Waals surface area contributed by atoms with Gasteiger partial charge in [-0.1, -0.05) is 22.0 Å². The van der Waals surface area contributed by atoms with Crippen LogP contribution >= 0.6 is 27.7 Å². The fourth-order valence-electron chi connectivity index (χ4n) is 2.86. The van der Waals surface area contributed by atoms with Crippen molar-refractivity contribution >= 4 is 43.6 Å². The van der Waals surface area contributed by atoms with Gasteiger partial charge in [0.15, 0.2) is 0 Å². The Morgan fingerprint density at radius 3 is 2.39 bits per heavy atom. The second-order valence-electron chi connectivity index (χ2n) is 6.21. The van der Waals surface area contributed by atoms with Gasteiger partial charge in [0.1, 0.15) is 5.75 Å². The molecule has 2 aromatic carbocycles. The van der Waals surface area contributed by atoms with Gasteiger partial charge in [0.2, 0.25) is 15.9 Å². The van der Waals surface area contributed by atoms with E-state index in [1.54, 1.807) is 36.3 Å². The highest BCUT2D eigenvalue weighted by Crippen LogP contribution is 2.23. The SMILES string of the molecule is COc1ccc(SCC(=O)N2CCN(S(=O)(=O)c3cccc(Br)c3)CC2)cc1. The molecule has 0 atom stereocenters. The van der Waals surface area contributed by atoms with E-state index in [-0.39, 0.29) is 10.8 Å². The molecule has 0 unspecified atom stereocenters. The van der Waals surface area contributed by atoms with Gasteiger partial charge < -0.3 is 9.64 Å². The Hall–Kier alpha value is -1.55. The van der Waals surface area contributed by atoms with Gasteiger partial charge in [0.05, 0.1) is 17.8 Å². The van der Waals surface area contributed by atoms with E-state index in [0.717, 1.165) is 15.1 Å². The van der Waals surface area contributed by atoms with Crippen LogP contribution in [0.3, 0.4) is 0 Å². The Morgan fingerprint density at radius 1 is 1.11 bits per heavy atom. The number of piperazine rings is 1. The number of carbonyl (C=O) groups is 1. The average Bonchev–Trinajstić information content (AvgIpc) is 2.72. The van der Waals surface area contributed by atoms with E-state index in [1.807, 2.05) is 24.3 Å². The number of carbonyl (C=O) groups excluding carboxylic acids is 1. The monoisotopic (exact) mass is 484 g/mol. The molecule has 2 aromatic rings. The first-order valence-electron chi connectivity index (χ1n) is 8.70. The van der Waals surface area contributed by atoms with Crippen LogP contribution in [0.1, 0.15) is 0 Å². The summed E-state index contributed by atoms with van der Waals surface area (Å²) in [7, 11) is -1.93. The van der Waals surface area contributed by atoms with Crippen molar-refractivity contribution in [2.75, 3.05) is 39.0 Å². The van der Waals surface area contributed by atoms with Gasteiger partial charge in [-0.2, -0.15) is 4.31 Å². The molecule has 1 heterocycles. The van der Waals surface area contributed by atoms with Crippen molar-refractivity contribution in [3.63, 3.8) is 0 Å². The lowest BCUT2D eigenvalue weighted by Gasteiger charge is -2.34. The number of rotatable bonds is 6. The number of hydrogen-bond donors (Lipinski definition) is 0. The minimum absolute atomic E-state index is 0.0142. The van der Waals surface area contributed by atoms with Crippen LogP contribution in [0, 0.1) is 0 Å². The molecule has 0 aromatic heterocycles. The molecule has 3 rings (SSSR count). The Morgan fingerprint density at radius 2 is 1.79 bits per heavy atom. The highest BCUT2D eigenvalue weighted by atomic mass is 79.9. The lowest BCUT2D eigenvalue weighted by atomic mass is 10.3. The summed E-state index contributed by atoms with van der Waals surface area (Å²) in [6.07, 6.45) is 0. The molecular formula is C19H21BrN2O4S2. The number of methoxy groups -OCH3 is 1. The first-order chi connectivity index (χ1) is 13.4. The minimum Gasteiger partial charge on any atom is -0.497 e. The highest BCUT2D eigenvalue weighted by Gasteiger charge is 2.30. The number of benzene rings is 2. The molecule has 0 bridgehead atoms.